The average molecular weight is 353 g/mol. The fourth-order valence-corrected chi connectivity index (χ4v) is 3.61. The highest BCUT2D eigenvalue weighted by Crippen LogP contribution is 2.21. The molecule has 0 aromatic heterocycles. The molecule has 4 nitrogen and oxygen atoms in total. The molecule has 2 aromatic rings. The van der Waals surface area contributed by atoms with Crippen LogP contribution >= 0.6 is 11.6 Å². The summed E-state index contributed by atoms with van der Waals surface area (Å²) < 4.78 is 27.6. The van der Waals surface area contributed by atoms with Gasteiger partial charge in [-0.15, -0.1) is 0 Å². The van der Waals surface area contributed by atoms with Crippen molar-refractivity contribution in [2.75, 3.05) is 20.6 Å². The number of nitrogens with one attached hydrogen (secondary N) is 1. The molecule has 0 spiro atoms. The van der Waals surface area contributed by atoms with Gasteiger partial charge in [-0.2, -0.15) is 0 Å². The third-order valence-electron chi connectivity index (χ3n) is 3.64. The van der Waals surface area contributed by atoms with Gasteiger partial charge in [0.2, 0.25) is 10.0 Å². The van der Waals surface area contributed by atoms with E-state index in [0.717, 1.165) is 11.1 Å². The molecule has 1 atom stereocenters. The molecule has 2 aromatic carbocycles. The van der Waals surface area contributed by atoms with Gasteiger partial charge in [0, 0.05) is 17.6 Å². The lowest BCUT2D eigenvalue weighted by molar-refractivity contribution is 0.299. The van der Waals surface area contributed by atoms with E-state index < -0.39 is 10.0 Å². The summed E-state index contributed by atoms with van der Waals surface area (Å²) >= 11 is 5.92. The number of aryl methyl sites for hydroxylation is 1. The Kier molecular flexibility index (Phi) is 5.81. The zero-order valence-electron chi connectivity index (χ0n) is 13.5. The van der Waals surface area contributed by atoms with Crippen molar-refractivity contribution in [2.24, 2.45) is 0 Å². The summed E-state index contributed by atoms with van der Waals surface area (Å²) in [7, 11) is 0.304. The van der Waals surface area contributed by atoms with Gasteiger partial charge in [0.25, 0.3) is 0 Å². The minimum absolute atomic E-state index is 0.0770. The standard InChI is InChI=1S/C17H21ClN2O2S/c1-13-5-4-6-16(11-13)23(21,22)19-12-17(20(2)3)14-7-9-15(18)10-8-14/h4-11,17,19H,12H2,1-3H3. The van der Waals surface area contributed by atoms with Crippen molar-refractivity contribution in [1.29, 1.82) is 0 Å². The summed E-state index contributed by atoms with van der Waals surface area (Å²) in [5.41, 5.74) is 1.92. The first-order valence-electron chi connectivity index (χ1n) is 7.28. The average Bonchev–Trinajstić information content (AvgIpc) is 2.49. The highest BCUT2D eigenvalue weighted by molar-refractivity contribution is 7.89. The molecule has 0 heterocycles. The number of halogens is 1. The Labute approximate surface area is 143 Å². The summed E-state index contributed by atoms with van der Waals surface area (Å²) in [6, 6.07) is 14.2. The lowest BCUT2D eigenvalue weighted by Gasteiger charge is -2.25. The smallest absolute Gasteiger partial charge is 0.240 e. The van der Waals surface area contributed by atoms with Crippen molar-refractivity contribution in [3.05, 3.63) is 64.7 Å². The highest BCUT2D eigenvalue weighted by Gasteiger charge is 2.19. The van der Waals surface area contributed by atoms with Gasteiger partial charge in [-0.1, -0.05) is 35.9 Å². The van der Waals surface area contributed by atoms with Crippen molar-refractivity contribution >= 4 is 21.6 Å². The van der Waals surface area contributed by atoms with Crippen LogP contribution in [0.5, 0.6) is 0 Å². The Morgan fingerprint density at radius 3 is 2.35 bits per heavy atom. The van der Waals surface area contributed by atoms with Crippen LogP contribution in [0.25, 0.3) is 0 Å². The third-order valence-corrected chi connectivity index (χ3v) is 5.32. The molecule has 23 heavy (non-hydrogen) atoms. The van der Waals surface area contributed by atoms with Crippen LogP contribution in [0.15, 0.2) is 53.4 Å². The lowest BCUT2D eigenvalue weighted by Crippen LogP contribution is -2.34. The molecule has 2 rings (SSSR count). The lowest BCUT2D eigenvalue weighted by atomic mass is 10.1. The molecular weight excluding hydrogens is 332 g/mol. The second-order valence-corrected chi connectivity index (χ2v) is 7.90. The molecule has 0 aliphatic rings. The predicted octanol–water partition coefficient (Wildman–Crippen LogP) is 3.23. The van der Waals surface area contributed by atoms with E-state index in [0.29, 0.717) is 5.02 Å². The van der Waals surface area contributed by atoms with Gasteiger partial charge in [0.1, 0.15) is 0 Å². The maximum Gasteiger partial charge on any atom is 0.240 e. The van der Waals surface area contributed by atoms with Crippen LogP contribution in [-0.2, 0) is 10.0 Å². The normalized spacial score (nSPS) is 13.3. The van der Waals surface area contributed by atoms with Gasteiger partial charge < -0.3 is 4.90 Å². The van der Waals surface area contributed by atoms with Crippen LogP contribution in [0.4, 0.5) is 0 Å². The Bertz CT molecular complexity index is 758. The third kappa shape index (κ3) is 4.78. The molecule has 124 valence electrons. The van der Waals surface area contributed by atoms with E-state index in [1.165, 1.54) is 0 Å². The van der Waals surface area contributed by atoms with E-state index in [1.807, 2.05) is 56.3 Å². The summed E-state index contributed by atoms with van der Waals surface area (Å²) in [5.74, 6) is 0. The maximum absolute atomic E-state index is 12.4. The number of rotatable bonds is 6. The quantitative estimate of drug-likeness (QED) is 0.868. The molecule has 0 saturated carbocycles. The SMILES string of the molecule is Cc1cccc(S(=O)(=O)NCC(c2ccc(Cl)cc2)N(C)C)c1. The molecule has 1 unspecified atom stereocenters. The predicted molar refractivity (Wildman–Crippen MR) is 94.2 cm³/mol. The molecular formula is C17H21ClN2O2S. The van der Waals surface area contributed by atoms with Crippen molar-refractivity contribution in [3.63, 3.8) is 0 Å². The molecule has 0 aliphatic carbocycles. The van der Waals surface area contributed by atoms with E-state index in [-0.39, 0.29) is 17.5 Å². The Morgan fingerprint density at radius 2 is 1.78 bits per heavy atom. The number of benzene rings is 2. The second kappa shape index (κ2) is 7.45. The summed E-state index contributed by atoms with van der Waals surface area (Å²) in [6.45, 7) is 2.15. The first-order chi connectivity index (χ1) is 10.8. The number of likely N-dealkylation sites (N-methyl/N-ethyl adjacent to an activating group) is 1. The second-order valence-electron chi connectivity index (χ2n) is 5.70. The van der Waals surface area contributed by atoms with E-state index in [9.17, 15) is 8.42 Å². The minimum atomic E-state index is -3.53. The zero-order valence-corrected chi connectivity index (χ0v) is 15.0. The fraction of sp³-hybridized carbons (Fsp3) is 0.294. The van der Waals surface area contributed by atoms with E-state index in [1.54, 1.807) is 18.2 Å². The molecule has 0 fully saturated rings. The van der Waals surface area contributed by atoms with Gasteiger partial charge in [-0.25, -0.2) is 13.1 Å². The molecule has 0 amide bonds. The Hall–Kier alpha value is -1.40. The van der Waals surface area contributed by atoms with Crippen molar-refractivity contribution in [1.82, 2.24) is 9.62 Å². The molecule has 0 bridgehead atoms. The Morgan fingerprint density at radius 1 is 1.13 bits per heavy atom. The Balaban J connectivity index is 2.17. The number of hydrogen-bond donors (Lipinski definition) is 1. The molecule has 1 N–H and O–H groups in total. The van der Waals surface area contributed by atoms with E-state index in [4.69, 9.17) is 11.6 Å². The van der Waals surface area contributed by atoms with Gasteiger partial charge in [-0.05, 0) is 56.4 Å². The van der Waals surface area contributed by atoms with Crippen molar-refractivity contribution in [2.45, 2.75) is 17.9 Å². The van der Waals surface area contributed by atoms with Crippen molar-refractivity contribution in [3.8, 4) is 0 Å². The summed E-state index contributed by atoms with van der Waals surface area (Å²) in [6.07, 6.45) is 0. The van der Waals surface area contributed by atoms with Gasteiger partial charge >= 0.3 is 0 Å². The fourth-order valence-electron chi connectivity index (χ4n) is 2.34. The first-order valence-corrected chi connectivity index (χ1v) is 9.14. The highest BCUT2D eigenvalue weighted by atomic mass is 35.5. The largest absolute Gasteiger partial charge is 0.301 e. The number of nitrogens with zero attached hydrogens (tertiary/aromatic N) is 1. The van der Waals surface area contributed by atoms with Crippen LogP contribution in [0.3, 0.4) is 0 Å². The minimum Gasteiger partial charge on any atom is -0.301 e. The first kappa shape index (κ1) is 17.9. The van der Waals surface area contributed by atoms with Gasteiger partial charge in [0.15, 0.2) is 0 Å². The van der Waals surface area contributed by atoms with Crippen LogP contribution < -0.4 is 4.72 Å². The molecule has 0 radical (unpaired) electrons. The molecule has 6 heteroatoms. The van der Waals surface area contributed by atoms with Crippen molar-refractivity contribution < 1.29 is 8.42 Å². The summed E-state index contributed by atoms with van der Waals surface area (Å²) in [5, 5.41) is 0.659. The van der Waals surface area contributed by atoms with E-state index in [2.05, 4.69) is 4.72 Å². The number of hydrogen-bond acceptors (Lipinski definition) is 3. The van der Waals surface area contributed by atoms with Crippen LogP contribution in [0, 0.1) is 6.92 Å². The molecule has 0 aliphatic heterocycles. The maximum atomic E-state index is 12.4. The van der Waals surface area contributed by atoms with Gasteiger partial charge in [-0.3, -0.25) is 0 Å². The van der Waals surface area contributed by atoms with Gasteiger partial charge in [0.05, 0.1) is 4.90 Å². The monoisotopic (exact) mass is 352 g/mol. The zero-order chi connectivity index (χ0) is 17.0. The van der Waals surface area contributed by atoms with Crippen LogP contribution in [0.1, 0.15) is 17.2 Å². The number of sulfonamides is 1. The van der Waals surface area contributed by atoms with Crippen LogP contribution in [0.2, 0.25) is 5.02 Å². The summed E-state index contributed by atoms with van der Waals surface area (Å²) in [4.78, 5) is 2.26. The van der Waals surface area contributed by atoms with Crippen LogP contribution in [-0.4, -0.2) is 34.0 Å². The topological polar surface area (TPSA) is 49.4 Å². The molecule has 0 saturated heterocycles. The van der Waals surface area contributed by atoms with E-state index >= 15 is 0 Å².